The van der Waals surface area contributed by atoms with Gasteiger partial charge in [-0.3, -0.25) is 9.15 Å². The Morgan fingerprint density at radius 2 is 1.81 bits per heavy atom. The largest absolute Gasteiger partial charge is 0.740 e. The number of anilines is 2. The Hall–Kier alpha value is -2.77. The van der Waals surface area contributed by atoms with Crippen LogP contribution in [-0.4, -0.2) is 54.4 Å². The molecule has 0 spiro atoms. The fourth-order valence-corrected chi connectivity index (χ4v) is 6.83. The number of fused-ring (bicyclic) bond motifs is 2. The first-order valence-electron chi connectivity index (χ1n) is 12.1. The molecular weight excluding hydrogens is 496 g/mol. The van der Waals surface area contributed by atoms with Gasteiger partial charge < -0.3 is 15.3 Å². The molecule has 1 saturated heterocycles. The molecule has 0 atom stereocenters. The number of carbonyl (C=O) groups excluding carboxylic acids is 1. The zero-order valence-electron chi connectivity index (χ0n) is 19.7. The number of hydrogen-bond acceptors (Lipinski definition) is 6. The van der Waals surface area contributed by atoms with Gasteiger partial charge in [-0.2, -0.15) is 13.5 Å². The number of rotatable bonds is 7. The van der Waals surface area contributed by atoms with Crippen molar-refractivity contribution in [2.24, 2.45) is 0 Å². The lowest BCUT2D eigenvalue weighted by atomic mass is 9.99. The van der Waals surface area contributed by atoms with E-state index in [0.29, 0.717) is 5.69 Å². The van der Waals surface area contributed by atoms with E-state index in [9.17, 15) is 27.2 Å². The minimum atomic E-state index is -4.91. The first-order chi connectivity index (χ1) is 17.3. The molecule has 1 aliphatic heterocycles. The number of hydrogen-bond donors (Lipinski definition) is 1. The molecule has 196 valence electrons. The van der Waals surface area contributed by atoms with E-state index < -0.39 is 39.7 Å². The molecule has 2 aliphatic carbocycles. The van der Waals surface area contributed by atoms with Gasteiger partial charge in [-0.1, -0.05) is 6.07 Å². The smallest absolute Gasteiger partial charge is 0.326 e. The number of aryl methyl sites for hydroxylation is 2. The molecule has 3 aliphatic rings. The van der Waals surface area contributed by atoms with Gasteiger partial charge in [0.05, 0.1) is 17.9 Å². The number of nitrogens with zero attached hydrogens (tertiary/aromatic N) is 4. The Morgan fingerprint density at radius 3 is 2.42 bits per heavy atom. The van der Waals surface area contributed by atoms with E-state index in [1.165, 1.54) is 0 Å². The number of aromatic nitrogens is 2. The number of urea groups is 1. The summed E-state index contributed by atoms with van der Waals surface area (Å²) in [6.07, 6.45) is 5.23. The number of amides is 2. The predicted octanol–water partition coefficient (Wildman–Crippen LogP) is 3.39. The Bertz CT molecular complexity index is 1210. The van der Waals surface area contributed by atoms with Crippen molar-refractivity contribution in [1.82, 2.24) is 14.2 Å². The molecule has 0 bridgehead atoms. The molecule has 0 radical (unpaired) electrons. The third kappa shape index (κ3) is 4.66. The summed E-state index contributed by atoms with van der Waals surface area (Å²) in [5, 5.41) is 19.5. The SMILES string of the molecule is O=C(Nc1c2c(cc3c1CCC3)CCC2)N([O-])S(=O)(=O)N(c1cnn(CC(F)F)c1)C1CCOCC1. The maximum atomic E-state index is 13.5. The topological polar surface area (TPSA) is 120 Å². The van der Waals surface area contributed by atoms with Crippen LogP contribution in [0.3, 0.4) is 0 Å². The van der Waals surface area contributed by atoms with Crippen LogP contribution in [-0.2, 0) is 47.2 Å². The number of hydroxylamine groups is 1. The van der Waals surface area contributed by atoms with Gasteiger partial charge in [0.1, 0.15) is 6.54 Å². The van der Waals surface area contributed by atoms with Crippen molar-refractivity contribution in [3.63, 3.8) is 0 Å². The van der Waals surface area contributed by atoms with E-state index in [-0.39, 0.29) is 31.7 Å². The Labute approximate surface area is 208 Å². The van der Waals surface area contributed by atoms with Crippen molar-refractivity contribution in [3.8, 4) is 0 Å². The van der Waals surface area contributed by atoms with Crippen LogP contribution >= 0.6 is 0 Å². The minimum absolute atomic E-state index is 0.0577. The van der Waals surface area contributed by atoms with E-state index in [4.69, 9.17) is 4.74 Å². The summed E-state index contributed by atoms with van der Waals surface area (Å²) < 4.78 is 59.2. The van der Waals surface area contributed by atoms with Crippen LogP contribution in [0.2, 0.25) is 0 Å². The summed E-state index contributed by atoms with van der Waals surface area (Å²) in [5.41, 5.74) is 4.68. The second-order valence-corrected chi connectivity index (χ2v) is 11.0. The van der Waals surface area contributed by atoms with Gasteiger partial charge in [-0.05, 0) is 73.6 Å². The highest BCUT2D eigenvalue weighted by Crippen LogP contribution is 2.39. The fraction of sp³-hybridized carbons (Fsp3) is 0.565. The number of halogens is 2. The number of benzene rings is 1. The first kappa shape index (κ1) is 24.9. The van der Waals surface area contributed by atoms with Crippen molar-refractivity contribution < 1.29 is 26.7 Å². The molecule has 10 nitrogen and oxygen atoms in total. The fourth-order valence-electron chi connectivity index (χ4n) is 5.46. The van der Waals surface area contributed by atoms with Gasteiger partial charge in [0.2, 0.25) is 0 Å². The molecule has 1 fully saturated rings. The molecule has 13 heteroatoms. The van der Waals surface area contributed by atoms with Crippen molar-refractivity contribution in [2.45, 2.75) is 70.4 Å². The van der Waals surface area contributed by atoms with Crippen molar-refractivity contribution >= 4 is 27.6 Å². The Balaban J connectivity index is 1.44. The molecule has 2 heterocycles. The van der Waals surface area contributed by atoms with E-state index in [2.05, 4.69) is 16.5 Å². The summed E-state index contributed by atoms with van der Waals surface area (Å²) in [5.74, 6) is 0. The highest BCUT2D eigenvalue weighted by Gasteiger charge is 2.36. The monoisotopic (exact) mass is 524 g/mol. The van der Waals surface area contributed by atoms with Gasteiger partial charge in [0.15, 0.2) is 0 Å². The van der Waals surface area contributed by atoms with Crippen LogP contribution in [0.4, 0.5) is 25.0 Å². The Morgan fingerprint density at radius 1 is 1.17 bits per heavy atom. The molecule has 0 saturated carbocycles. The molecule has 0 unspecified atom stereocenters. The highest BCUT2D eigenvalue weighted by atomic mass is 32.2. The van der Waals surface area contributed by atoms with Crippen molar-refractivity contribution in [3.05, 3.63) is 45.9 Å². The average molecular weight is 525 g/mol. The molecule has 2 aromatic rings. The molecular formula is C23H28F2N5O5S-. The maximum absolute atomic E-state index is 13.5. The summed E-state index contributed by atoms with van der Waals surface area (Å²) in [7, 11) is -4.91. The quantitative estimate of drug-likeness (QED) is 0.555. The van der Waals surface area contributed by atoms with E-state index in [1.54, 1.807) is 0 Å². The lowest BCUT2D eigenvalue weighted by Gasteiger charge is -2.39. The zero-order valence-corrected chi connectivity index (χ0v) is 20.5. The van der Waals surface area contributed by atoms with Crippen LogP contribution in [0.25, 0.3) is 0 Å². The molecule has 1 aromatic heterocycles. The lowest BCUT2D eigenvalue weighted by molar-refractivity contribution is 0.0874. The van der Waals surface area contributed by atoms with Crippen molar-refractivity contribution in [1.29, 1.82) is 0 Å². The van der Waals surface area contributed by atoms with Gasteiger partial charge >= 0.3 is 16.2 Å². The maximum Gasteiger partial charge on any atom is 0.326 e. The summed E-state index contributed by atoms with van der Waals surface area (Å²) in [6.45, 7) is -0.210. The van der Waals surface area contributed by atoms with Crippen LogP contribution in [0.15, 0.2) is 18.5 Å². The molecule has 36 heavy (non-hydrogen) atoms. The first-order valence-corrected chi connectivity index (χ1v) is 13.5. The second kappa shape index (κ2) is 9.94. The van der Waals surface area contributed by atoms with Crippen LogP contribution in [0.5, 0.6) is 0 Å². The number of ether oxygens (including phenoxy) is 1. The lowest BCUT2D eigenvalue weighted by Crippen LogP contribution is -2.51. The van der Waals surface area contributed by atoms with E-state index >= 15 is 0 Å². The summed E-state index contributed by atoms with van der Waals surface area (Å²) >= 11 is 0. The van der Waals surface area contributed by atoms with E-state index in [1.807, 2.05) is 0 Å². The molecule has 2 amide bonds. The van der Waals surface area contributed by atoms with Gasteiger partial charge in [0.25, 0.3) is 6.43 Å². The van der Waals surface area contributed by atoms with Gasteiger partial charge in [-0.25, -0.2) is 17.9 Å². The third-order valence-corrected chi connectivity index (χ3v) is 8.64. The average Bonchev–Trinajstić information content (AvgIpc) is 3.60. The Kier molecular flexibility index (Phi) is 6.88. The van der Waals surface area contributed by atoms with Gasteiger partial charge in [0, 0.05) is 25.1 Å². The minimum Gasteiger partial charge on any atom is -0.740 e. The van der Waals surface area contributed by atoms with Crippen LogP contribution in [0, 0.1) is 5.21 Å². The van der Waals surface area contributed by atoms with Crippen LogP contribution < -0.4 is 9.62 Å². The normalized spacial score (nSPS) is 17.8. The predicted molar refractivity (Wildman–Crippen MR) is 128 cm³/mol. The number of carbonyl (C=O) groups is 1. The standard InChI is InChI=1S/C23H28F2N5O5S/c24-21(25)14-28-13-18(12-26-28)29(17-7-9-35-10-8-17)36(33,34)30(32)23(31)27-22-19-5-1-3-15(19)11-16-4-2-6-20(16)22/h11-13,17,21H,1-10,14H2,(H,27,31)/q-1. The van der Waals surface area contributed by atoms with Gasteiger partial charge in [-0.15, -0.1) is 0 Å². The zero-order chi connectivity index (χ0) is 25.4. The molecule has 1 aromatic carbocycles. The molecule has 5 rings (SSSR count). The summed E-state index contributed by atoms with van der Waals surface area (Å²) in [4.78, 5) is 13.1. The van der Waals surface area contributed by atoms with Crippen LogP contribution in [0.1, 0.15) is 47.9 Å². The van der Waals surface area contributed by atoms with Crippen molar-refractivity contribution in [2.75, 3.05) is 22.8 Å². The highest BCUT2D eigenvalue weighted by molar-refractivity contribution is 7.91. The summed E-state index contributed by atoms with van der Waals surface area (Å²) in [6, 6.07) is 0.166. The second-order valence-electron chi connectivity index (χ2n) is 9.35. The number of alkyl halides is 2. The van der Waals surface area contributed by atoms with E-state index in [0.717, 1.165) is 82.2 Å². The molecule has 1 N–H and O–H groups in total. The number of nitrogens with one attached hydrogen (secondary N) is 1. The third-order valence-electron chi connectivity index (χ3n) is 7.05.